The Labute approximate surface area is 100 Å². The Balaban J connectivity index is 2.11. The van der Waals surface area contributed by atoms with Crippen LogP contribution in [0.4, 0.5) is 10.5 Å². The molecule has 2 heterocycles. The van der Waals surface area contributed by atoms with Gasteiger partial charge in [-0.3, -0.25) is 5.32 Å². The molecule has 90 valence electrons. The first-order chi connectivity index (χ1) is 8.20. The average Bonchev–Trinajstić information content (AvgIpc) is 2.31. The molecule has 2 aliphatic rings. The van der Waals surface area contributed by atoms with Crippen molar-refractivity contribution in [3.63, 3.8) is 0 Å². The van der Waals surface area contributed by atoms with Crippen LogP contribution in [0.25, 0.3) is 0 Å². The number of ether oxygens (including phenoxy) is 1. The second-order valence-electron chi connectivity index (χ2n) is 4.81. The van der Waals surface area contributed by atoms with Crippen molar-refractivity contribution in [2.24, 2.45) is 0 Å². The number of fused-ring (bicyclic) bond motifs is 2. The van der Waals surface area contributed by atoms with Crippen molar-refractivity contribution in [3.05, 3.63) is 29.3 Å². The average molecular weight is 232 g/mol. The smallest absolute Gasteiger partial charge is 0.412 e. The summed E-state index contributed by atoms with van der Waals surface area (Å²) in [6.07, 6.45) is 1.36. The molecule has 17 heavy (non-hydrogen) atoms. The zero-order valence-electron chi connectivity index (χ0n) is 9.88. The summed E-state index contributed by atoms with van der Waals surface area (Å²) in [5, 5.41) is 6.08. The zero-order chi connectivity index (χ0) is 11.9. The van der Waals surface area contributed by atoms with Crippen molar-refractivity contribution in [2.45, 2.75) is 25.4 Å². The minimum absolute atomic E-state index is 0.330. The van der Waals surface area contributed by atoms with E-state index in [4.69, 9.17) is 4.74 Å². The number of carbonyl (C=O) groups is 1. The number of carbonyl (C=O) groups excluding carboxylic acids is 1. The molecule has 0 bridgehead atoms. The molecule has 2 aliphatic heterocycles. The monoisotopic (exact) mass is 232 g/mol. The molecule has 1 saturated heterocycles. The van der Waals surface area contributed by atoms with Crippen LogP contribution in [0, 0.1) is 6.92 Å². The maximum atomic E-state index is 11.6. The third-order valence-corrected chi connectivity index (χ3v) is 3.60. The standard InChI is InChI=1S/C13H16N2O2/c1-9-2-3-11-10(8-9)13(17-12(16)15-11)4-6-14-7-5-13/h2-3,8,14H,4-7H2,1H3,(H,15,16). The molecule has 3 rings (SSSR count). The van der Waals surface area contributed by atoms with E-state index in [2.05, 4.69) is 23.6 Å². The summed E-state index contributed by atoms with van der Waals surface area (Å²) in [5.74, 6) is 0. The Hall–Kier alpha value is -1.55. The molecule has 1 amide bonds. The van der Waals surface area contributed by atoms with Gasteiger partial charge in [0.15, 0.2) is 0 Å². The maximum Gasteiger partial charge on any atom is 0.412 e. The van der Waals surface area contributed by atoms with Gasteiger partial charge in [-0.15, -0.1) is 0 Å². The molecule has 1 spiro atoms. The molecule has 4 heteroatoms. The number of nitrogens with one attached hydrogen (secondary N) is 2. The van der Waals surface area contributed by atoms with Crippen molar-refractivity contribution in [1.82, 2.24) is 5.32 Å². The first kappa shape index (κ1) is 10.6. The van der Waals surface area contributed by atoms with Gasteiger partial charge in [-0.05, 0) is 32.1 Å². The van der Waals surface area contributed by atoms with Crippen molar-refractivity contribution in [1.29, 1.82) is 0 Å². The molecule has 0 aliphatic carbocycles. The quantitative estimate of drug-likeness (QED) is 0.720. The van der Waals surface area contributed by atoms with Crippen LogP contribution >= 0.6 is 0 Å². The predicted molar refractivity (Wildman–Crippen MR) is 65.1 cm³/mol. The lowest BCUT2D eigenvalue weighted by atomic mass is 9.82. The molecule has 1 aromatic carbocycles. The number of anilines is 1. The molecule has 0 unspecified atom stereocenters. The van der Waals surface area contributed by atoms with Crippen LogP contribution in [-0.2, 0) is 10.3 Å². The highest BCUT2D eigenvalue weighted by Gasteiger charge is 2.42. The van der Waals surface area contributed by atoms with E-state index in [9.17, 15) is 4.79 Å². The van der Waals surface area contributed by atoms with Crippen LogP contribution in [0.3, 0.4) is 0 Å². The zero-order valence-corrected chi connectivity index (χ0v) is 9.88. The molecule has 0 saturated carbocycles. The van der Waals surface area contributed by atoms with E-state index in [0.29, 0.717) is 0 Å². The van der Waals surface area contributed by atoms with Crippen LogP contribution in [-0.4, -0.2) is 19.2 Å². The molecule has 0 atom stereocenters. The number of benzene rings is 1. The summed E-state index contributed by atoms with van der Waals surface area (Å²) in [5.41, 5.74) is 2.79. The van der Waals surface area contributed by atoms with Gasteiger partial charge in [0, 0.05) is 18.4 Å². The normalized spacial score (nSPS) is 21.6. The largest absolute Gasteiger partial charge is 0.438 e. The Kier molecular flexibility index (Phi) is 2.33. The van der Waals surface area contributed by atoms with Crippen LogP contribution in [0.2, 0.25) is 0 Å². The maximum absolute atomic E-state index is 11.6. The summed E-state index contributed by atoms with van der Waals surface area (Å²) < 4.78 is 5.61. The fourth-order valence-corrected chi connectivity index (χ4v) is 2.71. The number of rotatable bonds is 0. The minimum Gasteiger partial charge on any atom is -0.438 e. The Morgan fingerprint density at radius 3 is 2.82 bits per heavy atom. The minimum atomic E-state index is -0.422. The van der Waals surface area contributed by atoms with Gasteiger partial charge in [0.1, 0.15) is 5.60 Å². The third kappa shape index (κ3) is 1.69. The number of hydrogen-bond acceptors (Lipinski definition) is 3. The molecule has 0 aromatic heterocycles. The van der Waals surface area contributed by atoms with E-state index in [1.54, 1.807) is 0 Å². The van der Waals surface area contributed by atoms with E-state index in [1.807, 2.05) is 12.1 Å². The Bertz CT molecular complexity index is 464. The molecule has 4 nitrogen and oxygen atoms in total. The lowest BCUT2D eigenvalue weighted by Crippen LogP contribution is -2.46. The van der Waals surface area contributed by atoms with Gasteiger partial charge in [-0.1, -0.05) is 11.6 Å². The Morgan fingerprint density at radius 2 is 2.06 bits per heavy atom. The van der Waals surface area contributed by atoms with E-state index in [-0.39, 0.29) is 6.09 Å². The highest BCUT2D eigenvalue weighted by molar-refractivity contribution is 5.89. The van der Waals surface area contributed by atoms with Gasteiger partial charge in [0.25, 0.3) is 0 Å². The molecule has 2 N–H and O–H groups in total. The van der Waals surface area contributed by atoms with E-state index >= 15 is 0 Å². The first-order valence-corrected chi connectivity index (χ1v) is 6.01. The van der Waals surface area contributed by atoms with Crippen LogP contribution in [0.5, 0.6) is 0 Å². The van der Waals surface area contributed by atoms with Crippen molar-refractivity contribution in [2.75, 3.05) is 18.4 Å². The van der Waals surface area contributed by atoms with Gasteiger partial charge in [0.05, 0.1) is 5.69 Å². The topological polar surface area (TPSA) is 50.4 Å². The predicted octanol–water partition coefficient (Wildman–Crippen LogP) is 2.14. The highest BCUT2D eigenvalue weighted by Crippen LogP contribution is 2.42. The SMILES string of the molecule is Cc1ccc2c(c1)C1(CCNCC1)OC(=O)N2. The van der Waals surface area contributed by atoms with Crippen LogP contribution in [0.15, 0.2) is 18.2 Å². The fourth-order valence-electron chi connectivity index (χ4n) is 2.71. The van der Waals surface area contributed by atoms with Crippen molar-refractivity contribution < 1.29 is 9.53 Å². The number of hydrogen-bond donors (Lipinski definition) is 2. The third-order valence-electron chi connectivity index (χ3n) is 3.60. The fraction of sp³-hybridized carbons (Fsp3) is 0.462. The lowest BCUT2D eigenvalue weighted by molar-refractivity contribution is -0.0126. The van der Waals surface area contributed by atoms with Crippen molar-refractivity contribution >= 4 is 11.8 Å². The van der Waals surface area contributed by atoms with Crippen LogP contribution in [0.1, 0.15) is 24.0 Å². The summed E-state index contributed by atoms with van der Waals surface area (Å²) in [4.78, 5) is 11.6. The molecule has 1 fully saturated rings. The van der Waals surface area contributed by atoms with E-state index in [1.165, 1.54) is 5.56 Å². The number of amides is 1. The first-order valence-electron chi connectivity index (χ1n) is 6.01. The second kappa shape index (κ2) is 3.74. The van der Waals surface area contributed by atoms with Crippen molar-refractivity contribution in [3.8, 4) is 0 Å². The number of aryl methyl sites for hydroxylation is 1. The van der Waals surface area contributed by atoms with Gasteiger partial charge >= 0.3 is 6.09 Å². The molecule has 0 radical (unpaired) electrons. The molecule has 1 aromatic rings. The lowest BCUT2D eigenvalue weighted by Gasteiger charge is -2.41. The summed E-state index contributed by atoms with van der Waals surface area (Å²) >= 11 is 0. The van der Waals surface area contributed by atoms with Gasteiger partial charge in [-0.25, -0.2) is 4.79 Å². The molecular formula is C13H16N2O2. The highest BCUT2D eigenvalue weighted by atomic mass is 16.6. The summed E-state index contributed by atoms with van der Waals surface area (Å²) in [7, 11) is 0. The van der Waals surface area contributed by atoms with Gasteiger partial charge in [0.2, 0.25) is 0 Å². The summed E-state index contributed by atoms with van der Waals surface area (Å²) in [6.45, 7) is 3.84. The van der Waals surface area contributed by atoms with E-state index < -0.39 is 5.60 Å². The van der Waals surface area contributed by atoms with E-state index in [0.717, 1.165) is 37.2 Å². The van der Waals surface area contributed by atoms with Gasteiger partial charge in [-0.2, -0.15) is 0 Å². The molecular weight excluding hydrogens is 216 g/mol. The Morgan fingerprint density at radius 1 is 1.29 bits per heavy atom. The number of piperidine rings is 1. The summed E-state index contributed by atoms with van der Waals surface area (Å²) in [6, 6.07) is 6.11. The van der Waals surface area contributed by atoms with Gasteiger partial charge < -0.3 is 10.1 Å². The second-order valence-corrected chi connectivity index (χ2v) is 4.81. The van der Waals surface area contributed by atoms with Crippen LogP contribution < -0.4 is 10.6 Å².